The van der Waals surface area contributed by atoms with E-state index in [4.69, 9.17) is 4.74 Å². The number of carbonyl (C=O) groups excluding carboxylic acids is 1. The number of esters is 1. The molecule has 15 heavy (non-hydrogen) atoms. The maximum absolute atomic E-state index is 11.6. The van der Waals surface area contributed by atoms with E-state index in [9.17, 15) is 4.79 Å². The predicted octanol–water partition coefficient (Wildman–Crippen LogP) is 2.53. The van der Waals surface area contributed by atoms with Gasteiger partial charge in [-0.1, -0.05) is 37.3 Å². The standard InChI is InChI=1S/C13H16O2/c1-3-15-12(14)11-9-13(11,2)10-7-5-4-6-8-10/h4-8,11H,3,9H2,1-2H3/t11?,13-/m1/s1. The van der Waals surface area contributed by atoms with Gasteiger partial charge in [0.05, 0.1) is 12.5 Å². The second-order valence-electron chi connectivity index (χ2n) is 4.29. The van der Waals surface area contributed by atoms with Crippen molar-refractivity contribution in [3.05, 3.63) is 35.9 Å². The summed E-state index contributed by atoms with van der Waals surface area (Å²) in [5.41, 5.74) is 1.25. The molecule has 80 valence electrons. The minimum atomic E-state index is -0.0520. The normalized spacial score (nSPS) is 28.5. The van der Waals surface area contributed by atoms with Crippen LogP contribution in [0, 0.1) is 5.92 Å². The summed E-state index contributed by atoms with van der Waals surface area (Å²) in [6, 6.07) is 10.2. The predicted molar refractivity (Wildman–Crippen MR) is 58.5 cm³/mol. The molecular weight excluding hydrogens is 188 g/mol. The maximum Gasteiger partial charge on any atom is 0.309 e. The highest BCUT2D eigenvalue weighted by atomic mass is 16.5. The fraction of sp³-hybridized carbons (Fsp3) is 0.462. The van der Waals surface area contributed by atoms with Crippen molar-refractivity contribution in [3.8, 4) is 0 Å². The SMILES string of the molecule is CCOC(=O)C1C[C@]1(C)c1ccccc1. The molecule has 1 aromatic rings. The molecular formula is C13H16O2. The average molecular weight is 204 g/mol. The van der Waals surface area contributed by atoms with Gasteiger partial charge in [-0.15, -0.1) is 0 Å². The molecule has 0 bridgehead atoms. The highest BCUT2D eigenvalue weighted by molar-refractivity contribution is 5.79. The van der Waals surface area contributed by atoms with Crippen LogP contribution < -0.4 is 0 Å². The molecule has 1 saturated carbocycles. The van der Waals surface area contributed by atoms with Crippen LogP contribution >= 0.6 is 0 Å². The van der Waals surface area contributed by atoms with E-state index in [1.165, 1.54) is 5.56 Å². The molecule has 0 amide bonds. The molecule has 1 aromatic carbocycles. The van der Waals surface area contributed by atoms with Crippen LogP contribution in [0.5, 0.6) is 0 Å². The quantitative estimate of drug-likeness (QED) is 0.707. The molecule has 0 heterocycles. The Morgan fingerprint density at radius 3 is 2.73 bits per heavy atom. The molecule has 1 fully saturated rings. The second-order valence-corrected chi connectivity index (χ2v) is 4.29. The summed E-state index contributed by atoms with van der Waals surface area (Å²) in [6.07, 6.45) is 0.913. The average Bonchev–Trinajstić information content (AvgIpc) is 2.94. The molecule has 1 aliphatic rings. The third-order valence-corrected chi connectivity index (χ3v) is 3.24. The summed E-state index contributed by atoms with van der Waals surface area (Å²) in [7, 11) is 0. The third kappa shape index (κ3) is 1.76. The van der Waals surface area contributed by atoms with Gasteiger partial charge in [-0.2, -0.15) is 0 Å². The van der Waals surface area contributed by atoms with Gasteiger partial charge in [0.1, 0.15) is 0 Å². The van der Waals surface area contributed by atoms with Crippen LogP contribution in [0.4, 0.5) is 0 Å². The van der Waals surface area contributed by atoms with Gasteiger partial charge >= 0.3 is 5.97 Å². The Morgan fingerprint density at radius 1 is 1.47 bits per heavy atom. The zero-order valence-corrected chi connectivity index (χ0v) is 9.19. The molecule has 2 nitrogen and oxygen atoms in total. The highest BCUT2D eigenvalue weighted by Gasteiger charge is 2.56. The molecule has 0 aliphatic heterocycles. The smallest absolute Gasteiger partial charge is 0.309 e. The van der Waals surface area contributed by atoms with Crippen LogP contribution in [0.3, 0.4) is 0 Å². The molecule has 1 aliphatic carbocycles. The van der Waals surface area contributed by atoms with Crippen molar-refractivity contribution < 1.29 is 9.53 Å². The zero-order chi connectivity index (χ0) is 10.9. The van der Waals surface area contributed by atoms with E-state index >= 15 is 0 Å². The Balaban J connectivity index is 2.10. The molecule has 1 unspecified atom stereocenters. The van der Waals surface area contributed by atoms with Gasteiger partial charge in [0.25, 0.3) is 0 Å². The first-order chi connectivity index (χ1) is 7.18. The van der Waals surface area contributed by atoms with Crippen molar-refractivity contribution in [3.63, 3.8) is 0 Å². The fourth-order valence-corrected chi connectivity index (χ4v) is 2.09. The Hall–Kier alpha value is -1.31. The lowest BCUT2D eigenvalue weighted by Gasteiger charge is -2.10. The topological polar surface area (TPSA) is 26.3 Å². The highest BCUT2D eigenvalue weighted by Crippen LogP contribution is 2.54. The van der Waals surface area contributed by atoms with Crippen molar-refractivity contribution in [2.24, 2.45) is 5.92 Å². The van der Waals surface area contributed by atoms with Crippen LogP contribution in [-0.4, -0.2) is 12.6 Å². The minimum Gasteiger partial charge on any atom is -0.466 e. The zero-order valence-electron chi connectivity index (χ0n) is 9.19. The van der Waals surface area contributed by atoms with Gasteiger partial charge in [0.15, 0.2) is 0 Å². The summed E-state index contributed by atoms with van der Waals surface area (Å²) in [4.78, 5) is 11.6. The van der Waals surface area contributed by atoms with Gasteiger partial charge in [0.2, 0.25) is 0 Å². The molecule has 0 radical (unpaired) electrons. The summed E-state index contributed by atoms with van der Waals surface area (Å²) >= 11 is 0. The van der Waals surface area contributed by atoms with Gasteiger partial charge in [-0.05, 0) is 18.9 Å². The van der Waals surface area contributed by atoms with Crippen LogP contribution in [-0.2, 0) is 14.9 Å². The number of carbonyl (C=O) groups is 1. The van der Waals surface area contributed by atoms with E-state index in [0.29, 0.717) is 6.61 Å². The first-order valence-electron chi connectivity index (χ1n) is 5.40. The van der Waals surface area contributed by atoms with Crippen LogP contribution in [0.2, 0.25) is 0 Å². The maximum atomic E-state index is 11.6. The number of ether oxygens (including phenoxy) is 1. The van der Waals surface area contributed by atoms with E-state index in [2.05, 4.69) is 19.1 Å². The molecule has 2 atom stereocenters. The number of hydrogen-bond acceptors (Lipinski definition) is 2. The largest absolute Gasteiger partial charge is 0.466 e. The van der Waals surface area contributed by atoms with Crippen LogP contribution in [0.15, 0.2) is 30.3 Å². The van der Waals surface area contributed by atoms with E-state index in [1.807, 2.05) is 25.1 Å². The first-order valence-corrected chi connectivity index (χ1v) is 5.40. The van der Waals surface area contributed by atoms with Crippen molar-refractivity contribution >= 4 is 5.97 Å². The summed E-state index contributed by atoms with van der Waals surface area (Å²) in [6.45, 7) is 4.45. The van der Waals surface area contributed by atoms with E-state index < -0.39 is 0 Å². The Morgan fingerprint density at radius 2 is 2.13 bits per heavy atom. The van der Waals surface area contributed by atoms with Crippen LogP contribution in [0.25, 0.3) is 0 Å². The Bertz CT molecular complexity index is 358. The van der Waals surface area contributed by atoms with E-state index in [0.717, 1.165) is 6.42 Å². The van der Waals surface area contributed by atoms with Crippen molar-refractivity contribution in [1.29, 1.82) is 0 Å². The Kier molecular flexibility index (Phi) is 2.51. The van der Waals surface area contributed by atoms with Crippen molar-refractivity contribution in [1.82, 2.24) is 0 Å². The summed E-state index contributed by atoms with van der Waals surface area (Å²) < 4.78 is 5.04. The van der Waals surface area contributed by atoms with Crippen molar-refractivity contribution in [2.45, 2.75) is 25.7 Å². The number of rotatable bonds is 3. The van der Waals surface area contributed by atoms with Gasteiger partial charge in [0, 0.05) is 5.41 Å². The monoisotopic (exact) mass is 204 g/mol. The molecule has 0 N–H and O–H groups in total. The number of benzene rings is 1. The molecule has 2 rings (SSSR count). The minimum absolute atomic E-state index is 0.00745. The summed E-state index contributed by atoms with van der Waals surface area (Å²) in [5, 5.41) is 0. The van der Waals surface area contributed by atoms with E-state index in [1.54, 1.807) is 0 Å². The van der Waals surface area contributed by atoms with Gasteiger partial charge in [-0.25, -0.2) is 0 Å². The van der Waals surface area contributed by atoms with Crippen LogP contribution in [0.1, 0.15) is 25.8 Å². The summed E-state index contributed by atoms with van der Waals surface area (Å²) in [5.74, 6) is 0.00343. The third-order valence-electron chi connectivity index (χ3n) is 3.24. The number of hydrogen-bond donors (Lipinski definition) is 0. The molecule has 0 spiro atoms. The molecule has 0 saturated heterocycles. The lowest BCUT2D eigenvalue weighted by atomic mass is 9.96. The van der Waals surface area contributed by atoms with Crippen molar-refractivity contribution in [2.75, 3.05) is 6.61 Å². The lowest BCUT2D eigenvalue weighted by Crippen LogP contribution is -2.14. The second kappa shape index (κ2) is 3.69. The van der Waals surface area contributed by atoms with E-state index in [-0.39, 0.29) is 17.3 Å². The first kappa shape index (κ1) is 10.2. The lowest BCUT2D eigenvalue weighted by molar-refractivity contribution is -0.145. The van der Waals surface area contributed by atoms with Gasteiger partial charge < -0.3 is 4.74 Å². The molecule has 2 heteroatoms. The van der Waals surface area contributed by atoms with Gasteiger partial charge in [-0.3, -0.25) is 4.79 Å². The fourth-order valence-electron chi connectivity index (χ4n) is 2.09. The Labute approximate surface area is 90.3 Å². The molecule has 0 aromatic heterocycles.